The number of piperidine rings is 1. The highest BCUT2D eigenvalue weighted by molar-refractivity contribution is 5.99. The third kappa shape index (κ3) is 3.81. The molecular weight excluding hydrogens is 370 g/mol. The molecule has 0 amide bonds. The van der Waals surface area contributed by atoms with E-state index in [-0.39, 0.29) is 5.92 Å². The predicted molar refractivity (Wildman–Crippen MR) is 124 cm³/mol. The summed E-state index contributed by atoms with van der Waals surface area (Å²) < 4.78 is 0. The maximum atomic E-state index is 9.27. The molecule has 5 heteroatoms. The summed E-state index contributed by atoms with van der Waals surface area (Å²) in [6.45, 7) is 5.73. The van der Waals surface area contributed by atoms with Gasteiger partial charge in [-0.2, -0.15) is 5.26 Å². The number of benzene rings is 1. The van der Waals surface area contributed by atoms with Gasteiger partial charge in [-0.05, 0) is 35.6 Å². The number of nitriles is 1. The van der Waals surface area contributed by atoms with Gasteiger partial charge in [-0.3, -0.25) is 0 Å². The number of anilines is 1. The SMILES string of the molecule is C=C/C(=C\N(C)C)c1ccc(-c2cnc3[nH]ccc3c2N2CCC(C#N)CC2)cc1. The fourth-order valence-corrected chi connectivity index (χ4v) is 4.14. The third-order valence-corrected chi connectivity index (χ3v) is 5.70. The van der Waals surface area contributed by atoms with Gasteiger partial charge in [-0.1, -0.05) is 36.9 Å². The fourth-order valence-electron chi connectivity index (χ4n) is 4.14. The highest BCUT2D eigenvalue weighted by atomic mass is 15.1. The molecule has 0 unspecified atom stereocenters. The standard InChI is InChI=1S/C25H27N5/c1-4-19(17-29(2)3)20-5-7-21(8-6-20)23-16-28-25-22(9-12-27-25)24(23)30-13-10-18(15-26)11-14-30/h4-9,12,16-18H,1,10-11,13-14H2,2-3H3,(H,27,28)/b19-17+. The Kier molecular flexibility index (Phi) is 5.58. The van der Waals surface area contributed by atoms with Gasteiger partial charge < -0.3 is 14.8 Å². The summed E-state index contributed by atoms with van der Waals surface area (Å²) in [5.74, 6) is 0.161. The van der Waals surface area contributed by atoms with Crippen LogP contribution in [0.1, 0.15) is 18.4 Å². The maximum Gasteiger partial charge on any atom is 0.139 e. The lowest BCUT2D eigenvalue weighted by molar-refractivity contribution is 0.488. The van der Waals surface area contributed by atoms with E-state index in [1.165, 1.54) is 5.69 Å². The number of nitrogens with zero attached hydrogens (tertiary/aromatic N) is 4. The molecule has 0 radical (unpaired) electrons. The van der Waals surface area contributed by atoms with Crippen molar-refractivity contribution in [2.75, 3.05) is 32.1 Å². The zero-order valence-electron chi connectivity index (χ0n) is 17.6. The first-order chi connectivity index (χ1) is 14.6. The van der Waals surface area contributed by atoms with E-state index in [4.69, 9.17) is 0 Å². The normalized spacial score (nSPS) is 15.2. The fraction of sp³-hybridized carbons (Fsp3) is 0.280. The van der Waals surface area contributed by atoms with Gasteiger partial charge in [0, 0.05) is 62.6 Å². The molecule has 3 heterocycles. The lowest BCUT2D eigenvalue weighted by Gasteiger charge is -2.33. The van der Waals surface area contributed by atoms with Crippen molar-refractivity contribution in [3.63, 3.8) is 0 Å². The summed E-state index contributed by atoms with van der Waals surface area (Å²) >= 11 is 0. The van der Waals surface area contributed by atoms with Crippen molar-refractivity contribution in [1.82, 2.24) is 14.9 Å². The van der Waals surface area contributed by atoms with Gasteiger partial charge in [-0.15, -0.1) is 0 Å². The minimum absolute atomic E-state index is 0.161. The van der Waals surface area contributed by atoms with E-state index < -0.39 is 0 Å². The summed E-state index contributed by atoms with van der Waals surface area (Å²) in [5.41, 5.74) is 6.59. The molecule has 0 atom stereocenters. The van der Waals surface area contributed by atoms with E-state index in [1.54, 1.807) is 0 Å². The second-order valence-corrected chi connectivity index (χ2v) is 7.98. The van der Waals surface area contributed by atoms with Crippen LogP contribution in [0.3, 0.4) is 0 Å². The molecule has 0 bridgehead atoms. The Morgan fingerprint density at radius 1 is 1.23 bits per heavy atom. The molecule has 3 aromatic rings. The van der Waals surface area contributed by atoms with Gasteiger partial charge in [0.2, 0.25) is 0 Å². The lowest BCUT2D eigenvalue weighted by atomic mass is 9.95. The van der Waals surface area contributed by atoms with Crippen molar-refractivity contribution in [2.24, 2.45) is 5.92 Å². The minimum Gasteiger partial charge on any atom is -0.383 e. The average Bonchev–Trinajstić information content (AvgIpc) is 3.26. The largest absolute Gasteiger partial charge is 0.383 e. The number of fused-ring (bicyclic) bond motifs is 1. The molecule has 1 saturated heterocycles. The number of allylic oxidation sites excluding steroid dienone is 2. The number of hydrogen-bond donors (Lipinski definition) is 1. The van der Waals surface area contributed by atoms with Crippen LogP contribution in [-0.4, -0.2) is 42.1 Å². The van der Waals surface area contributed by atoms with Crippen molar-refractivity contribution in [3.8, 4) is 17.2 Å². The lowest BCUT2D eigenvalue weighted by Crippen LogP contribution is -2.33. The van der Waals surface area contributed by atoms with E-state index in [0.717, 1.165) is 59.2 Å². The Balaban J connectivity index is 1.74. The number of hydrogen-bond acceptors (Lipinski definition) is 4. The molecule has 0 spiro atoms. The van der Waals surface area contributed by atoms with Gasteiger partial charge in [0.1, 0.15) is 5.65 Å². The van der Waals surface area contributed by atoms with Gasteiger partial charge in [0.15, 0.2) is 0 Å². The summed E-state index contributed by atoms with van der Waals surface area (Å²) in [7, 11) is 4.02. The third-order valence-electron chi connectivity index (χ3n) is 5.70. The van der Waals surface area contributed by atoms with Crippen molar-refractivity contribution in [1.29, 1.82) is 5.26 Å². The number of H-pyrrole nitrogens is 1. The molecule has 1 N–H and O–H groups in total. The Morgan fingerprint density at radius 3 is 2.60 bits per heavy atom. The topological polar surface area (TPSA) is 59.0 Å². The highest BCUT2D eigenvalue weighted by Gasteiger charge is 2.23. The van der Waals surface area contributed by atoms with E-state index in [9.17, 15) is 5.26 Å². The molecule has 0 saturated carbocycles. The van der Waals surface area contributed by atoms with Crippen LogP contribution in [0.4, 0.5) is 5.69 Å². The van der Waals surface area contributed by atoms with Crippen LogP contribution >= 0.6 is 0 Å². The molecule has 1 fully saturated rings. The smallest absolute Gasteiger partial charge is 0.139 e. The average molecular weight is 398 g/mol. The van der Waals surface area contributed by atoms with Crippen molar-refractivity contribution < 1.29 is 0 Å². The van der Waals surface area contributed by atoms with Crippen molar-refractivity contribution in [3.05, 3.63) is 67.1 Å². The second kappa shape index (κ2) is 8.46. The number of pyridine rings is 1. The number of aromatic amines is 1. The van der Waals surface area contributed by atoms with Gasteiger partial charge in [0.05, 0.1) is 11.8 Å². The number of aromatic nitrogens is 2. The van der Waals surface area contributed by atoms with E-state index in [1.807, 2.05) is 37.5 Å². The second-order valence-electron chi connectivity index (χ2n) is 7.98. The Morgan fingerprint density at radius 2 is 1.97 bits per heavy atom. The Labute approximate surface area is 178 Å². The van der Waals surface area contributed by atoms with Crippen LogP contribution in [0.15, 0.2) is 61.6 Å². The Hall–Kier alpha value is -3.52. The predicted octanol–water partition coefficient (Wildman–Crippen LogP) is 5.06. The van der Waals surface area contributed by atoms with Gasteiger partial charge in [-0.25, -0.2) is 4.98 Å². The molecule has 2 aromatic heterocycles. The first-order valence-electron chi connectivity index (χ1n) is 10.3. The molecule has 4 rings (SSSR count). The monoisotopic (exact) mass is 397 g/mol. The van der Waals surface area contributed by atoms with Crippen molar-refractivity contribution >= 4 is 22.3 Å². The summed E-state index contributed by atoms with van der Waals surface area (Å²) in [6.07, 6.45) is 9.66. The number of nitrogens with one attached hydrogen (secondary N) is 1. The van der Waals surface area contributed by atoms with Gasteiger partial charge in [0.25, 0.3) is 0 Å². The first kappa shape index (κ1) is 19.8. The van der Waals surface area contributed by atoms with E-state index >= 15 is 0 Å². The summed E-state index contributed by atoms with van der Waals surface area (Å²) in [6, 6.07) is 13.1. The van der Waals surface area contributed by atoms with Crippen LogP contribution in [0.5, 0.6) is 0 Å². The molecule has 1 aliphatic rings. The van der Waals surface area contributed by atoms with Crippen LogP contribution in [0.25, 0.3) is 27.7 Å². The van der Waals surface area contributed by atoms with Gasteiger partial charge >= 0.3 is 0 Å². The molecule has 0 aliphatic carbocycles. The van der Waals surface area contributed by atoms with Crippen LogP contribution in [0.2, 0.25) is 0 Å². The van der Waals surface area contributed by atoms with E-state index in [0.29, 0.717) is 0 Å². The van der Waals surface area contributed by atoms with Crippen LogP contribution in [-0.2, 0) is 0 Å². The van der Waals surface area contributed by atoms with E-state index in [2.05, 4.69) is 64.0 Å². The summed E-state index contributed by atoms with van der Waals surface area (Å²) in [4.78, 5) is 12.3. The quantitative estimate of drug-likeness (QED) is 0.612. The molecule has 5 nitrogen and oxygen atoms in total. The first-order valence-corrected chi connectivity index (χ1v) is 10.3. The maximum absolute atomic E-state index is 9.27. The Bertz CT molecular complexity index is 1110. The molecular formula is C25H27N5. The van der Waals surface area contributed by atoms with Crippen LogP contribution < -0.4 is 4.90 Å². The molecule has 30 heavy (non-hydrogen) atoms. The minimum atomic E-state index is 0.161. The molecule has 152 valence electrons. The molecule has 1 aliphatic heterocycles. The summed E-state index contributed by atoms with van der Waals surface area (Å²) in [5, 5.41) is 10.4. The van der Waals surface area contributed by atoms with Crippen molar-refractivity contribution in [2.45, 2.75) is 12.8 Å². The van der Waals surface area contributed by atoms with Crippen LogP contribution in [0, 0.1) is 17.2 Å². The molecule has 1 aromatic carbocycles. The zero-order chi connectivity index (χ0) is 21.1. The highest BCUT2D eigenvalue weighted by Crippen LogP contribution is 2.38. The zero-order valence-corrected chi connectivity index (χ0v) is 17.6. The number of rotatable bonds is 5.